The minimum absolute atomic E-state index is 0.0124. The summed E-state index contributed by atoms with van der Waals surface area (Å²) in [7, 11) is 0. The van der Waals surface area contributed by atoms with Crippen LogP contribution in [0.25, 0.3) is 22.3 Å². The monoisotopic (exact) mass is 1170 g/mol. The number of anilines is 4. The number of aryl methyl sites for hydroxylation is 1. The molecule has 2 aliphatic carbocycles. The number of hydrogen-bond acceptors (Lipinski definition) is 13. The number of carbonyl (C=O) groups excluding carboxylic acids is 7. The molecular formula is C66H79FN12O7. The summed E-state index contributed by atoms with van der Waals surface area (Å²) in [4.78, 5) is 115. The zero-order valence-electron chi connectivity index (χ0n) is 50.1. The molecule has 86 heavy (non-hydrogen) atoms. The highest BCUT2D eigenvalue weighted by Gasteiger charge is 2.56. The molecule has 6 fully saturated rings. The number of nitrogens with one attached hydrogen (secondary N) is 4. The van der Waals surface area contributed by atoms with Crippen molar-refractivity contribution in [2.24, 2.45) is 11.8 Å². The van der Waals surface area contributed by atoms with Crippen LogP contribution in [0.1, 0.15) is 166 Å². The van der Waals surface area contributed by atoms with E-state index in [1.807, 2.05) is 41.5 Å². The van der Waals surface area contributed by atoms with E-state index >= 15 is 9.18 Å². The van der Waals surface area contributed by atoms with Crippen LogP contribution in [0.2, 0.25) is 0 Å². The molecule has 8 aliphatic rings. The van der Waals surface area contributed by atoms with Gasteiger partial charge in [-0.05, 0) is 185 Å². The molecule has 7 amide bonds. The van der Waals surface area contributed by atoms with E-state index < -0.39 is 40.9 Å². The molecule has 0 radical (unpaired) electrons. The number of imidazole rings is 1. The molecule has 4 saturated heterocycles. The molecule has 452 valence electrons. The summed E-state index contributed by atoms with van der Waals surface area (Å²) in [5, 5.41) is 12.1. The van der Waals surface area contributed by atoms with Gasteiger partial charge in [-0.15, -0.1) is 0 Å². The van der Waals surface area contributed by atoms with E-state index in [-0.39, 0.29) is 77.5 Å². The summed E-state index contributed by atoms with van der Waals surface area (Å²) < 4.78 is 18.0. The number of pyridine rings is 1. The Morgan fingerprint density at radius 2 is 1.58 bits per heavy atom. The molecule has 5 aromatic rings. The van der Waals surface area contributed by atoms with Crippen molar-refractivity contribution in [1.29, 1.82) is 0 Å². The van der Waals surface area contributed by atoms with Gasteiger partial charge in [-0.3, -0.25) is 43.8 Å². The van der Waals surface area contributed by atoms with Crippen LogP contribution in [0, 0.1) is 24.6 Å². The first-order chi connectivity index (χ1) is 41.4. The van der Waals surface area contributed by atoms with Gasteiger partial charge in [-0.25, -0.2) is 14.4 Å². The number of piperidine rings is 3. The van der Waals surface area contributed by atoms with Gasteiger partial charge in [0.25, 0.3) is 17.7 Å². The predicted octanol–water partition coefficient (Wildman–Crippen LogP) is 8.63. The highest BCUT2D eigenvalue weighted by molar-refractivity contribution is 6.25. The van der Waals surface area contributed by atoms with Gasteiger partial charge in [0, 0.05) is 85.3 Å². The maximum Gasteiger partial charge on any atom is 0.264 e. The number of hydrogen-bond donors (Lipinski definition) is 4. The van der Waals surface area contributed by atoms with Crippen molar-refractivity contribution in [1.82, 2.24) is 44.8 Å². The van der Waals surface area contributed by atoms with Crippen molar-refractivity contribution >= 4 is 75.3 Å². The zero-order chi connectivity index (χ0) is 59.9. The SMILES string of the molecule is Cc1cc(F)c(Nc2nc(-c3ccc4c(c3)N([C@H]3C[C@@H](N5CCCCC5)C3)C(=O)C43CCN(C(=O)[C@H]4CCN(C[C@H]5CC[C@H](Nc6cccc7c6C(=O)N(C6CCC(=O)NC6=O)C7=O)CC5)C4)CC3)cc3ncn(C(C)C)c23)cc1C(=O)NC(C)C. The van der Waals surface area contributed by atoms with Crippen LogP contribution in [0.4, 0.5) is 27.3 Å². The average Bonchev–Trinajstić information content (AvgIpc) is 1.60. The summed E-state index contributed by atoms with van der Waals surface area (Å²) in [6.07, 6.45) is 13.0. The Morgan fingerprint density at radius 1 is 0.814 bits per heavy atom. The molecule has 1 unspecified atom stereocenters. The average molecular weight is 1170 g/mol. The smallest absolute Gasteiger partial charge is 0.264 e. The zero-order valence-corrected chi connectivity index (χ0v) is 50.1. The van der Waals surface area contributed by atoms with Crippen LogP contribution in [-0.2, 0) is 24.6 Å². The number of halogens is 1. The van der Waals surface area contributed by atoms with Gasteiger partial charge in [0.15, 0.2) is 5.82 Å². The van der Waals surface area contributed by atoms with Gasteiger partial charge < -0.3 is 40.1 Å². The molecule has 3 aromatic carbocycles. The second kappa shape index (κ2) is 22.9. The van der Waals surface area contributed by atoms with Gasteiger partial charge in [0.05, 0.1) is 45.7 Å². The molecule has 2 atom stereocenters. The number of benzene rings is 3. The first kappa shape index (κ1) is 57.5. The Kier molecular flexibility index (Phi) is 15.3. The molecule has 2 saturated carbocycles. The van der Waals surface area contributed by atoms with Crippen LogP contribution in [-0.4, -0.2) is 152 Å². The van der Waals surface area contributed by atoms with Crippen LogP contribution in [0.5, 0.6) is 0 Å². The van der Waals surface area contributed by atoms with E-state index in [2.05, 4.69) is 61.9 Å². The number of nitrogens with zero attached hydrogens (tertiary/aromatic N) is 8. The van der Waals surface area contributed by atoms with Gasteiger partial charge in [0.1, 0.15) is 17.4 Å². The fourth-order valence-corrected chi connectivity index (χ4v) is 15.4. The lowest BCUT2D eigenvalue weighted by Gasteiger charge is -2.48. The number of aromatic nitrogens is 3. The van der Waals surface area contributed by atoms with Crippen molar-refractivity contribution in [2.45, 2.75) is 166 Å². The molecule has 20 heteroatoms. The van der Waals surface area contributed by atoms with Crippen molar-refractivity contribution < 1.29 is 38.0 Å². The Balaban J connectivity index is 0.684. The van der Waals surface area contributed by atoms with E-state index in [4.69, 9.17) is 9.97 Å². The number of carbonyl (C=O) groups is 7. The Bertz CT molecular complexity index is 3570. The molecule has 0 bridgehead atoms. The maximum atomic E-state index is 16.0. The summed E-state index contributed by atoms with van der Waals surface area (Å²) in [5.41, 5.74) is 6.02. The van der Waals surface area contributed by atoms with E-state index in [1.165, 1.54) is 25.3 Å². The third kappa shape index (κ3) is 10.4. The molecule has 8 heterocycles. The molecular weight excluding hydrogens is 1090 g/mol. The lowest BCUT2D eigenvalue weighted by Crippen LogP contribution is -2.58. The highest BCUT2D eigenvalue weighted by Crippen LogP contribution is 2.53. The topological polar surface area (TPSA) is 215 Å². The normalized spacial score (nSPS) is 25.1. The Hall–Kier alpha value is -7.58. The highest BCUT2D eigenvalue weighted by atomic mass is 19.1. The third-order valence-corrected chi connectivity index (χ3v) is 20.1. The quantitative estimate of drug-likeness (QED) is 0.0768. The first-order valence-corrected chi connectivity index (χ1v) is 31.5. The van der Waals surface area contributed by atoms with Crippen LogP contribution >= 0.6 is 0 Å². The predicted molar refractivity (Wildman–Crippen MR) is 325 cm³/mol. The lowest BCUT2D eigenvalue weighted by atomic mass is 9.73. The second-order valence-corrected chi connectivity index (χ2v) is 26.3. The minimum atomic E-state index is -1.02. The molecule has 2 aromatic heterocycles. The second-order valence-electron chi connectivity index (χ2n) is 26.3. The summed E-state index contributed by atoms with van der Waals surface area (Å²) in [6.45, 7) is 15.2. The number of imide groups is 2. The minimum Gasteiger partial charge on any atom is -0.382 e. The summed E-state index contributed by atoms with van der Waals surface area (Å²) in [6, 6.07) is 15.8. The fourth-order valence-electron chi connectivity index (χ4n) is 15.4. The third-order valence-electron chi connectivity index (χ3n) is 20.1. The Labute approximate surface area is 501 Å². The van der Waals surface area contributed by atoms with Crippen molar-refractivity contribution in [3.63, 3.8) is 0 Å². The number of likely N-dealkylation sites (tertiary alicyclic amines) is 3. The molecule has 6 aliphatic heterocycles. The first-order valence-electron chi connectivity index (χ1n) is 31.5. The molecule has 1 spiro atoms. The van der Waals surface area contributed by atoms with E-state index in [9.17, 15) is 28.8 Å². The maximum absolute atomic E-state index is 16.0. The largest absolute Gasteiger partial charge is 0.382 e. The van der Waals surface area contributed by atoms with Gasteiger partial charge in [0.2, 0.25) is 23.6 Å². The number of rotatable bonds is 14. The summed E-state index contributed by atoms with van der Waals surface area (Å²) in [5.74, 6) is -1.85. The van der Waals surface area contributed by atoms with E-state index in [1.54, 1.807) is 31.5 Å². The van der Waals surface area contributed by atoms with Crippen LogP contribution in [0.15, 0.2) is 60.9 Å². The fraction of sp³-hybridized carbons (Fsp3) is 0.530. The molecule has 4 N–H and O–H groups in total. The van der Waals surface area contributed by atoms with Crippen molar-refractivity contribution in [3.8, 4) is 11.3 Å². The van der Waals surface area contributed by atoms with Gasteiger partial charge in [-0.2, -0.15) is 0 Å². The lowest BCUT2D eigenvalue weighted by molar-refractivity contribution is -0.139. The number of fused-ring (bicyclic) bond motifs is 4. The van der Waals surface area contributed by atoms with Gasteiger partial charge in [-0.1, -0.05) is 24.6 Å². The summed E-state index contributed by atoms with van der Waals surface area (Å²) >= 11 is 0. The van der Waals surface area contributed by atoms with Crippen molar-refractivity contribution in [3.05, 3.63) is 94.6 Å². The van der Waals surface area contributed by atoms with Crippen LogP contribution in [0.3, 0.4) is 0 Å². The van der Waals surface area contributed by atoms with Gasteiger partial charge >= 0.3 is 0 Å². The van der Waals surface area contributed by atoms with Crippen LogP contribution < -0.4 is 26.2 Å². The van der Waals surface area contributed by atoms with E-state index in [0.29, 0.717) is 83.8 Å². The standard InChI is InChI=1S/C66H79FN12O7/c1-37(2)69-60(81)47-32-52(49(67)28-39(47)5)72-59-58-53(68-36-77(58)38(3)4)33-51(71-59)41-14-17-48-55(29-41)78(45-30-44(31-45)75-23-7-6-8-24-75)65(86)66(48)21-26-76(27-22-66)62(83)42-20-25-74(35-42)34-40-12-15-43(16-13-40)70-50-11-9-10-46-57(50)64(85)79(63(46)84)54-18-19-56(80)73-61(54)82/h9-11,14,17,28-29,32-33,36-38,40,42-45,54,70H,6-8,12-13,15-16,18-27,30-31,34-35H2,1-5H3,(H,69,81)(H,71,72)(H,73,80,82)/t40-,42-,43-,44-,45+,54?/m0/s1. The van der Waals surface area contributed by atoms with Crippen molar-refractivity contribution in [2.75, 3.05) is 61.3 Å². The van der Waals surface area contributed by atoms with E-state index in [0.717, 1.165) is 92.8 Å². The Morgan fingerprint density at radius 3 is 2.31 bits per heavy atom. The molecule has 19 nitrogen and oxygen atoms in total. The molecule has 13 rings (SSSR count). The number of amides is 7.